The summed E-state index contributed by atoms with van der Waals surface area (Å²) in [5, 5.41) is 10.3. The van der Waals surface area contributed by atoms with Crippen LogP contribution in [0, 0.1) is 0 Å². The van der Waals surface area contributed by atoms with Crippen LogP contribution in [0.25, 0.3) is 0 Å². The Labute approximate surface area is 149 Å². The molecule has 0 saturated carbocycles. The molecule has 2 heterocycles. The van der Waals surface area contributed by atoms with E-state index in [1.54, 1.807) is 7.05 Å². The zero-order chi connectivity index (χ0) is 18.5. The first-order chi connectivity index (χ1) is 11.8. The second-order valence-corrected chi connectivity index (χ2v) is 9.13. The van der Waals surface area contributed by atoms with E-state index in [0.717, 1.165) is 5.69 Å². The van der Waals surface area contributed by atoms with Crippen LogP contribution in [0.15, 0.2) is 15.6 Å². The summed E-state index contributed by atoms with van der Waals surface area (Å²) < 4.78 is 34.3. The Bertz CT molecular complexity index is 691. The fraction of sp³-hybridized carbons (Fsp3) is 0.750. The van der Waals surface area contributed by atoms with Crippen molar-refractivity contribution >= 4 is 15.8 Å². The monoisotopic (exact) mass is 372 g/mol. The second kappa shape index (κ2) is 8.18. The summed E-state index contributed by atoms with van der Waals surface area (Å²) in [5.41, 5.74) is 0.901. The average Bonchev–Trinajstić information content (AvgIpc) is 3.04. The van der Waals surface area contributed by atoms with Gasteiger partial charge in [0.15, 0.2) is 21.6 Å². The quantitative estimate of drug-likeness (QED) is 0.568. The molecule has 0 amide bonds. The molecule has 0 bridgehead atoms. The van der Waals surface area contributed by atoms with E-state index in [2.05, 4.69) is 20.8 Å². The smallest absolute Gasteiger partial charge is 0.191 e. The van der Waals surface area contributed by atoms with Crippen LogP contribution in [0.4, 0.5) is 0 Å². The summed E-state index contributed by atoms with van der Waals surface area (Å²) in [7, 11) is -1.57. The Morgan fingerprint density at radius 3 is 2.56 bits per heavy atom. The van der Waals surface area contributed by atoms with Crippen LogP contribution < -0.4 is 10.6 Å². The minimum absolute atomic E-state index is 0.294. The number of aromatic nitrogens is 1. The maximum Gasteiger partial charge on any atom is 0.191 e. The maximum atomic E-state index is 12.3. The van der Waals surface area contributed by atoms with E-state index in [4.69, 9.17) is 9.26 Å². The summed E-state index contributed by atoms with van der Waals surface area (Å²) in [4.78, 5) is 4.15. The Morgan fingerprint density at radius 2 is 2.04 bits per heavy atom. The van der Waals surface area contributed by atoms with Crippen molar-refractivity contribution in [2.45, 2.75) is 43.9 Å². The fourth-order valence-electron chi connectivity index (χ4n) is 2.74. The highest BCUT2D eigenvalue weighted by molar-refractivity contribution is 7.92. The summed E-state index contributed by atoms with van der Waals surface area (Å²) in [6.07, 6.45) is 2.25. The molecule has 2 N–H and O–H groups in total. The molecule has 1 saturated heterocycles. The van der Waals surface area contributed by atoms with Crippen molar-refractivity contribution < 1.29 is 17.7 Å². The minimum Gasteiger partial charge on any atom is -0.381 e. The van der Waals surface area contributed by atoms with Gasteiger partial charge in [0.05, 0.1) is 17.0 Å². The molecule has 2 rings (SSSR count). The summed E-state index contributed by atoms with van der Waals surface area (Å²) in [6.45, 7) is 5.73. The van der Waals surface area contributed by atoms with E-state index in [9.17, 15) is 8.42 Å². The number of nitrogens with one attached hydrogen (secondary N) is 2. The summed E-state index contributed by atoms with van der Waals surface area (Å²) in [6, 6.07) is 1.90. The lowest BCUT2D eigenvalue weighted by molar-refractivity contribution is 0.0756. The molecule has 1 aromatic rings. The van der Waals surface area contributed by atoms with Gasteiger partial charge in [-0.3, -0.25) is 4.99 Å². The molecular formula is C16H28N4O4S. The lowest BCUT2D eigenvalue weighted by atomic mass is 9.99. The predicted octanol–water partition coefficient (Wildman–Crippen LogP) is 1.06. The summed E-state index contributed by atoms with van der Waals surface area (Å²) >= 11 is 0. The number of guanidine groups is 1. The van der Waals surface area contributed by atoms with Crippen molar-refractivity contribution in [3.8, 4) is 0 Å². The molecule has 0 spiro atoms. The highest BCUT2D eigenvalue weighted by atomic mass is 32.2. The van der Waals surface area contributed by atoms with E-state index in [1.165, 1.54) is 6.26 Å². The van der Waals surface area contributed by atoms with Crippen LogP contribution in [-0.2, 0) is 21.1 Å². The van der Waals surface area contributed by atoms with E-state index in [1.807, 2.05) is 19.9 Å². The van der Waals surface area contributed by atoms with Crippen molar-refractivity contribution in [1.82, 2.24) is 15.8 Å². The Morgan fingerprint density at radius 1 is 1.36 bits per heavy atom. The Hall–Kier alpha value is -1.61. The molecule has 0 unspecified atom stereocenters. The molecule has 1 fully saturated rings. The standard InChI is InChI=1S/C16H28N4O4S/c1-12(2)14-9-13(24-20-14)10-18-15(17-3)19-11-16(25(4,21)22)5-7-23-8-6-16/h9,12H,5-8,10-11H2,1-4H3,(H2,17,18,19). The van der Waals surface area contributed by atoms with Gasteiger partial charge in [-0.15, -0.1) is 0 Å². The zero-order valence-electron chi connectivity index (χ0n) is 15.3. The van der Waals surface area contributed by atoms with Gasteiger partial charge in [0, 0.05) is 39.1 Å². The van der Waals surface area contributed by atoms with E-state index >= 15 is 0 Å². The zero-order valence-corrected chi connectivity index (χ0v) is 16.1. The third kappa shape index (κ3) is 4.94. The van der Waals surface area contributed by atoms with Crippen LogP contribution >= 0.6 is 0 Å². The van der Waals surface area contributed by atoms with Crippen LogP contribution in [-0.4, -0.2) is 57.3 Å². The van der Waals surface area contributed by atoms with Crippen molar-refractivity contribution in [2.75, 3.05) is 33.1 Å². The van der Waals surface area contributed by atoms with Crippen molar-refractivity contribution in [3.05, 3.63) is 17.5 Å². The first kappa shape index (κ1) is 19.7. The van der Waals surface area contributed by atoms with Crippen LogP contribution in [0.1, 0.15) is 44.1 Å². The molecule has 1 aliphatic rings. The number of ether oxygens (including phenoxy) is 1. The van der Waals surface area contributed by atoms with E-state index in [0.29, 0.717) is 56.8 Å². The van der Waals surface area contributed by atoms with Gasteiger partial charge in [0.25, 0.3) is 0 Å². The topological polar surface area (TPSA) is 106 Å². The molecule has 0 aromatic carbocycles. The predicted molar refractivity (Wildman–Crippen MR) is 96.4 cm³/mol. The maximum absolute atomic E-state index is 12.3. The van der Waals surface area contributed by atoms with Crippen LogP contribution in [0.3, 0.4) is 0 Å². The number of hydrogen-bond acceptors (Lipinski definition) is 6. The van der Waals surface area contributed by atoms with E-state index < -0.39 is 14.6 Å². The van der Waals surface area contributed by atoms with Gasteiger partial charge in [-0.25, -0.2) is 8.42 Å². The third-order valence-corrected chi connectivity index (χ3v) is 6.72. The first-order valence-corrected chi connectivity index (χ1v) is 10.3. The van der Waals surface area contributed by atoms with Crippen molar-refractivity contribution in [1.29, 1.82) is 0 Å². The normalized spacial score (nSPS) is 18.4. The fourth-order valence-corrected chi connectivity index (χ4v) is 3.99. The van der Waals surface area contributed by atoms with Crippen molar-refractivity contribution in [2.24, 2.45) is 4.99 Å². The highest BCUT2D eigenvalue weighted by Crippen LogP contribution is 2.28. The minimum atomic E-state index is -3.22. The SMILES string of the molecule is CN=C(NCc1cc(C(C)C)no1)NCC1(S(C)(=O)=O)CCOCC1. The Kier molecular flexibility index (Phi) is 6.45. The van der Waals surface area contributed by atoms with Crippen LogP contribution in [0.2, 0.25) is 0 Å². The molecule has 8 nitrogen and oxygen atoms in total. The number of sulfone groups is 1. The largest absolute Gasteiger partial charge is 0.381 e. The van der Waals surface area contributed by atoms with Crippen molar-refractivity contribution in [3.63, 3.8) is 0 Å². The molecule has 0 radical (unpaired) electrons. The molecule has 142 valence electrons. The lowest BCUT2D eigenvalue weighted by Gasteiger charge is -2.35. The van der Waals surface area contributed by atoms with Gasteiger partial charge < -0.3 is 19.9 Å². The third-order valence-electron chi connectivity index (χ3n) is 4.59. The van der Waals surface area contributed by atoms with Gasteiger partial charge in [0.2, 0.25) is 0 Å². The van der Waals surface area contributed by atoms with Gasteiger partial charge in [-0.05, 0) is 18.8 Å². The number of aliphatic imine (C=N–C) groups is 1. The molecule has 0 atom stereocenters. The molecule has 25 heavy (non-hydrogen) atoms. The molecule has 0 aliphatic carbocycles. The molecule has 1 aromatic heterocycles. The molecular weight excluding hydrogens is 344 g/mol. The number of hydrogen-bond donors (Lipinski definition) is 2. The summed E-state index contributed by atoms with van der Waals surface area (Å²) in [5.74, 6) is 1.53. The first-order valence-electron chi connectivity index (χ1n) is 8.45. The number of nitrogens with zero attached hydrogens (tertiary/aromatic N) is 2. The van der Waals surface area contributed by atoms with Crippen LogP contribution in [0.5, 0.6) is 0 Å². The number of rotatable bonds is 6. The highest BCUT2D eigenvalue weighted by Gasteiger charge is 2.42. The van der Waals surface area contributed by atoms with Gasteiger partial charge >= 0.3 is 0 Å². The van der Waals surface area contributed by atoms with Gasteiger partial charge in [-0.2, -0.15) is 0 Å². The average molecular weight is 372 g/mol. The lowest BCUT2D eigenvalue weighted by Crippen LogP contribution is -2.53. The molecule has 1 aliphatic heterocycles. The van der Waals surface area contributed by atoms with E-state index in [-0.39, 0.29) is 0 Å². The Balaban J connectivity index is 1.94. The van der Waals surface area contributed by atoms with Gasteiger partial charge in [0.1, 0.15) is 0 Å². The molecule has 9 heteroatoms. The second-order valence-electron chi connectivity index (χ2n) is 6.72. The van der Waals surface area contributed by atoms with Gasteiger partial charge in [-0.1, -0.05) is 19.0 Å².